The van der Waals surface area contributed by atoms with Gasteiger partial charge in [-0.3, -0.25) is 0 Å². The highest BCUT2D eigenvalue weighted by atomic mass is 16.3. The van der Waals surface area contributed by atoms with Crippen LogP contribution in [0.5, 0.6) is 5.75 Å². The van der Waals surface area contributed by atoms with E-state index < -0.39 is 0 Å². The molecule has 1 aromatic carbocycles. The molecule has 2 amide bonds. The van der Waals surface area contributed by atoms with Gasteiger partial charge in [0.15, 0.2) is 0 Å². The van der Waals surface area contributed by atoms with Gasteiger partial charge in [-0.25, -0.2) is 4.79 Å². The van der Waals surface area contributed by atoms with Gasteiger partial charge in [0.25, 0.3) is 0 Å². The van der Waals surface area contributed by atoms with Crippen molar-refractivity contribution in [3.05, 3.63) is 29.3 Å². The van der Waals surface area contributed by atoms with Crippen LogP contribution >= 0.6 is 0 Å². The van der Waals surface area contributed by atoms with E-state index >= 15 is 0 Å². The molecular formula is C18H28N2O3. The van der Waals surface area contributed by atoms with E-state index in [-0.39, 0.29) is 24.1 Å². The van der Waals surface area contributed by atoms with Gasteiger partial charge >= 0.3 is 6.03 Å². The maximum Gasteiger partial charge on any atom is 0.315 e. The van der Waals surface area contributed by atoms with E-state index in [0.29, 0.717) is 18.7 Å². The van der Waals surface area contributed by atoms with Crippen molar-refractivity contribution in [3.8, 4) is 5.75 Å². The number of amides is 2. The van der Waals surface area contributed by atoms with Gasteiger partial charge in [0.1, 0.15) is 5.75 Å². The third kappa shape index (κ3) is 3.96. The van der Waals surface area contributed by atoms with Crippen LogP contribution in [0.1, 0.15) is 56.7 Å². The molecule has 1 atom stereocenters. The van der Waals surface area contributed by atoms with E-state index in [1.165, 1.54) is 0 Å². The minimum absolute atomic E-state index is 0.0437. The molecule has 4 N–H and O–H groups in total. The summed E-state index contributed by atoms with van der Waals surface area (Å²) >= 11 is 0. The highest BCUT2D eigenvalue weighted by Crippen LogP contribution is 2.36. The number of aliphatic hydroxyl groups is 1. The maximum atomic E-state index is 12.2. The molecule has 0 fully saturated rings. The summed E-state index contributed by atoms with van der Waals surface area (Å²) in [6.07, 6.45) is 4.13. The zero-order chi connectivity index (χ0) is 16.9. The highest BCUT2D eigenvalue weighted by Gasteiger charge is 2.28. The molecule has 1 aromatic rings. The van der Waals surface area contributed by atoms with Gasteiger partial charge in [0, 0.05) is 13.2 Å². The fourth-order valence-electron chi connectivity index (χ4n) is 3.44. The van der Waals surface area contributed by atoms with Crippen LogP contribution in [-0.4, -0.2) is 29.4 Å². The van der Waals surface area contributed by atoms with Crippen LogP contribution in [-0.2, 0) is 6.42 Å². The van der Waals surface area contributed by atoms with E-state index in [9.17, 15) is 15.0 Å². The number of phenols is 1. The molecule has 1 aliphatic carbocycles. The van der Waals surface area contributed by atoms with Crippen molar-refractivity contribution in [1.29, 1.82) is 0 Å². The number of hydrogen-bond donors (Lipinski definition) is 4. The van der Waals surface area contributed by atoms with Crippen LogP contribution in [0.4, 0.5) is 4.79 Å². The molecular weight excluding hydrogens is 292 g/mol. The van der Waals surface area contributed by atoms with Crippen molar-refractivity contribution < 1.29 is 15.0 Å². The lowest BCUT2D eigenvalue weighted by atomic mass is 9.79. The average Bonchev–Trinajstić information content (AvgIpc) is 2.96. The summed E-state index contributed by atoms with van der Waals surface area (Å²) in [6.45, 7) is 4.88. The smallest absolute Gasteiger partial charge is 0.315 e. The number of phenolic OH excluding ortho intramolecular Hbond substituents is 1. The van der Waals surface area contributed by atoms with Crippen molar-refractivity contribution in [1.82, 2.24) is 10.6 Å². The summed E-state index contributed by atoms with van der Waals surface area (Å²) in [7, 11) is 0. The second-order valence-corrected chi connectivity index (χ2v) is 6.44. The summed E-state index contributed by atoms with van der Waals surface area (Å²) in [5.74, 6) is 0.311. The fourth-order valence-corrected chi connectivity index (χ4v) is 3.44. The number of aromatic hydroxyl groups is 1. The van der Waals surface area contributed by atoms with Crippen LogP contribution in [0.25, 0.3) is 0 Å². The van der Waals surface area contributed by atoms with E-state index in [1.54, 1.807) is 6.07 Å². The van der Waals surface area contributed by atoms with E-state index in [1.807, 2.05) is 12.1 Å². The Morgan fingerprint density at radius 1 is 1.35 bits per heavy atom. The predicted molar refractivity (Wildman–Crippen MR) is 90.4 cm³/mol. The number of aliphatic hydroxyl groups excluding tert-OH is 1. The number of hydrogen-bond acceptors (Lipinski definition) is 3. The quantitative estimate of drug-likeness (QED) is 0.623. The number of carbonyl (C=O) groups is 1. The fraction of sp³-hybridized carbons (Fsp3) is 0.611. The molecule has 0 saturated heterocycles. The van der Waals surface area contributed by atoms with Crippen molar-refractivity contribution in [2.45, 2.75) is 52.0 Å². The molecule has 0 saturated carbocycles. The first-order valence-electron chi connectivity index (χ1n) is 8.51. The number of fused-ring (bicyclic) bond motifs is 1. The Morgan fingerprint density at radius 3 is 2.74 bits per heavy atom. The molecule has 1 aliphatic rings. The summed E-state index contributed by atoms with van der Waals surface area (Å²) in [5.41, 5.74) is 1.90. The Balaban J connectivity index is 1.93. The maximum absolute atomic E-state index is 12.2. The zero-order valence-corrected chi connectivity index (χ0v) is 14.1. The second kappa shape index (κ2) is 7.68. The number of benzene rings is 1. The van der Waals surface area contributed by atoms with Gasteiger partial charge in [0.2, 0.25) is 0 Å². The zero-order valence-electron chi connectivity index (χ0n) is 14.1. The molecule has 0 radical (unpaired) electrons. The van der Waals surface area contributed by atoms with Gasteiger partial charge in [-0.1, -0.05) is 26.0 Å². The molecule has 2 rings (SSSR count). The average molecular weight is 320 g/mol. The van der Waals surface area contributed by atoms with Crippen LogP contribution in [0, 0.1) is 5.41 Å². The van der Waals surface area contributed by atoms with E-state index in [0.717, 1.165) is 36.8 Å². The van der Waals surface area contributed by atoms with Crippen LogP contribution in [0.15, 0.2) is 18.2 Å². The SMILES string of the molecule is CCC(CC)(CCO)CNC(=O)NC1CCc2c(O)cccc21. The molecule has 23 heavy (non-hydrogen) atoms. The molecule has 0 heterocycles. The van der Waals surface area contributed by atoms with Gasteiger partial charge in [-0.05, 0) is 54.7 Å². The molecule has 0 aromatic heterocycles. The Kier molecular flexibility index (Phi) is 5.88. The minimum Gasteiger partial charge on any atom is -0.508 e. The summed E-state index contributed by atoms with van der Waals surface area (Å²) in [6, 6.07) is 5.23. The Bertz CT molecular complexity index is 541. The molecule has 0 aliphatic heterocycles. The summed E-state index contributed by atoms with van der Waals surface area (Å²) in [4.78, 5) is 12.2. The first-order valence-corrected chi connectivity index (χ1v) is 8.51. The third-order valence-corrected chi connectivity index (χ3v) is 5.32. The lowest BCUT2D eigenvalue weighted by Gasteiger charge is -2.31. The predicted octanol–water partition coefficient (Wildman–Crippen LogP) is 2.87. The molecule has 5 heteroatoms. The first kappa shape index (κ1) is 17.6. The Labute approximate surface area is 138 Å². The largest absolute Gasteiger partial charge is 0.508 e. The lowest BCUT2D eigenvalue weighted by molar-refractivity contribution is 0.162. The molecule has 0 bridgehead atoms. The topological polar surface area (TPSA) is 81.6 Å². The number of rotatable bonds is 7. The van der Waals surface area contributed by atoms with Crippen LogP contribution in [0.2, 0.25) is 0 Å². The van der Waals surface area contributed by atoms with Gasteiger partial charge in [-0.15, -0.1) is 0 Å². The van der Waals surface area contributed by atoms with Crippen molar-refractivity contribution in [3.63, 3.8) is 0 Å². The van der Waals surface area contributed by atoms with Crippen molar-refractivity contribution >= 4 is 6.03 Å². The van der Waals surface area contributed by atoms with Crippen molar-refractivity contribution in [2.24, 2.45) is 5.41 Å². The summed E-state index contributed by atoms with van der Waals surface area (Å²) in [5, 5.41) is 25.1. The van der Waals surface area contributed by atoms with E-state index in [2.05, 4.69) is 24.5 Å². The molecule has 1 unspecified atom stereocenters. The van der Waals surface area contributed by atoms with Crippen LogP contribution in [0.3, 0.4) is 0 Å². The Morgan fingerprint density at radius 2 is 2.09 bits per heavy atom. The number of urea groups is 1. The van der Waals surface area contributed by atoms with Gasteiger partial charge in [0.05, 0.1) is 6.04 Å². The normalized spacial score (nSPS) is 16.9. The molecule has 128 valence electrons. The van der Waals surface area contributed by atoms with E-state index in [4.69, 9.17) is 0 Å². The lowest BCUT2D eigenvalue weighted by Crippen LogP contribution is -2.43. The van der Waals surface area contributed by atoms with Gasteiger partial charge in [-0.2, -0.15) is 0 Å². The molecule has 5 nitrogen and oxygen atoms in total. The van der Waals surface area contributed by atoms with Crippen molar-refractivity contribution in [2.75, 3.05) is 13.2 Å². The number of carbonyl (C=O) groups excluding carboxylic acids is 1. The number of nitrogens with one attached hydrogen (secondary N) is 2. The monoisotopic (exact) mass is 320 g/mol. The van der Waals surface area contributed by atoms with Gasteiger partial charge < -0.3 is 20.8 Å². The van der Waals surface area contributed by atoms with Crippen LogP contribution < -0.4 is 10.6 Å². The Hall–Kier alpha value is -1.75. The second-order valence-electron chi connectivity index (χ2n) is 6.44. The first-order chi connectivity index (χ1) is 11.0. The summed E-state index contributed by atoms with van der Waals surface area (Å²) < 4.78 is 0. The standard InChI is InChI=1S/C18H28N2O3/c1-3-18(4-2,10-11-21)12-19-17(23)20-15-9-8-14-13(15)6-5-7-16(14)22/h5-7,15,21-22H,3-4,8-12H2,1-2H3,(H2,19,20,23). The third-order valence-electron chi connectivity index (χ3n) is 5.32. The molecule has 0 spiro atoms. The minimum atomic E-state index is -0.185. The highest BCUT2D eigenvalue weighted by molar-refractivity contribution is 5.74.